The molecule has 0 aliphatic carbocycles. The average Bonchev–Trinajstić information content (AvgIpc) is 2.22. The van der Waals surface area contributed by atoms with Crippen molar-refractivity contribution in [1.29, 1.82) is 0 Å². The van der Waals surface area contributed by atoms with Crippen molar-refractivity contribution < 1.29 is 13.2 Å². The second-order valence-electron chi connectivity index (χ2n) is 4.20. The van der Waals surface area contributed by atoms with Crippen LogP contribution < -0.4 is 10.5 Å². The first kappa shape index (κ1) is 16.7. The van der Waals surface area contributed by atoms with Crippen molar-refractivity contribution >= 4 is 53.3 Å². The minimum atomic E-state index is -3.46. The summed E-state index contributed by atoms with van der Waals surface area (Å²) in [5.74, 6) is -0.103. The summed E-state index contributed by atoms with van der Waals surface area (Å²) in [5, 5.41) is 0. The lowest BCUT2D eigenvalue weighted by atomic mass is 10.3. The lowest BCUT2D eigenvalue weighted by molar-refractivity contribution is 0.0913. The quantitative estimate of drug-likeness (QED) is 0.699. The molecule has 8 heteroatoms. The topological polar surface area (TPSA) is 81.4 Å². The molecule has 0 aliphatic heterocycles. The maximum Gasteiger partial charge on any atom is 0.235 e. The molecule has 0 saturated heterocycles. The third-order valence-corrected chi connectivity index (χ3v) is 4.60. The van der Waals surface area contributed by atoms with E-state index in [-0.39, 0.29) is 18.5 Å². The summed E-state index contributed by atoms with van der Waals surface area (Å²) in [7, 11) is -3.46. The minimum Gasteiger partial charge on any atom is -0.399 e. The Morgan fingerprint density at radius 2 is 1.84 bits per heavy atom. The van der Waals surface area contributed by atoms with Crippen LogP contribution in [0, 0.1) is 0 Å². The second-order valence-corrected chi connectivity index (χ2v) is 7.75. The fourth-order valence-corrected chi connectivity index (χ4v) is 3.92. The zero-order chi connectivity index (χ0) is 14.6. The van der Waals surface area contributed by atoms with E-state index in [4.69, 9.17) is 10.5 Å². The number of anilines is 2. The van der Waals surface area contributed by atoms with Crippen molar-refractivity contribution in [3.63, 3.8) is 0 Å². The number of hydrogen-bond donors (Lipinski definition) is 2. The summed E-state index contributed by atoms with van der Waals surface area (Å²) in [6, 6.07) is 3.26. The van der Waals surface area contributed by atoms with Crippen LogP contribution in [0.4, 0.5) is 11.4 Å². The number of ether oxygens (including phenoxy) is 1. The van der Waals surface area contributed by atoms with Crippen molar-refractivity contribution in [2.45, 2.75) is 20.0 Å². The fourth-order valence-electron chi connectivity index (χ4n) is 1.29. The fraction of sp³-hybridized carbons (Fsp3) is 0.455. The SMILES string of the molecule is CC(C)OCCS(=O)(=O)Nc1c(Br)cc(N)cc1Br. The molecule has 0 aliphatic rings. The lowest BCUT2D eigenvalue weighted by Crippen LogP contribution is -2.22. The number of sulfonamides is 1. The number of hydrogen-bond acceptors (Lipinski definition) is 4. The summed E-state index contributed by atoms with van der Waals surface area (Å²) in [6.45, 7) is 3.86. The highest BCUT2D eigenvalue weighted by molar-refractivity contribution is 9.11. The first-order valence-electron chi connectivity index (χ1n) is 5.58. The number of benzene rings is 1. The van der Waals surface area contributed by atoms with Crippen LogP contribution in [0.1, 0.15) is 13.8 Å². The highest BCUT2D eigenvalue weighted by Gasteiger charge is 2.15. The van der Waals surface area contributed by atoms with Crippen LogP contribution in [-0.4, -0.2) is 26.9 Å². The summed E-state index contributed by atoms with van der Waals surface area (Å²) in [5.41, 5.74) is 6.61. The molecule has 0 radical (unpaired) electrons. The molecule has 0 saturated carbocycles. The summed E-state index contributed by atoms with van der Waals surface area (Å²) in [4.78, 5) is 0. The largest absolute Gasteiger partial charge is 0.399 e. The van der Waals surface area contributed by atoms with E-state index in [0.717, 1.165) is 0 Å². The molecular formula is C11H16Br2N2O3S. The molecule has 3 N–H and O–H groups in total. The number of nitrogens with two attached hydrogens (primary N) is 1. The van der Waals surface area contributed by atoms with Gasteiger partial charge < -0.3 is 10.5 Å². The van der Waals surface area contributed by atoms with Gasteiger partial charge in [-0.3, -0.25) is 4.72 Å². The van der Waals surface area contributed by atoms with Gasteiger partial charge in [-0.05, 0) is 57.8 Å². The molecule has 1 rings (SSSR count). The van der Waals surface area contributed by atoms with Gasteiger partial charge in [-0.2, -0.15) is 0 Å². The summed E-state index contributed by atoms with van der Waals surface area (Å²) in [6.07, 6.45) is 0.00481. The lowest BCUT2D eigenvalue weighted by Gasteiger charge is -2.13. The molecule has 0 heterocycles. The van der Waals surface area contributed by atoms with E-state index >= 15 is 0 Å². The van der Waals surface area contributed by atoms with Crippen LogP contribution in [0.5, 0.6) is 0 Å². The van der Waals surface area contributed by atoms with E-state index in [1.54, 1.807) is 12.1 Å². The van der Waals surface area contributed by atoms with Crippen molar-refractivity contribution in [3.8, 4) is 0 Å². The van der Waals surface area contributed by atoms with E-state index < -0.39 is 10.0 Å². The molecule has 19 heavy (non-hydrogen) atoms. The maximum atomic E-state index is 11.9. The van der Waals surface area contributed by atoms with Crippen molar-refractivity contribution in [3.05, 3.63) is 21.1 Å². The van der Waals surface area contributed by atoms with Crippen LogP contribution >= 0.6 is 31.9 Å². The second kappa shape index (κ2) is 6.92. The van der Waals surface area contributed by atoms with Crippen molar-refractivity contribution in [2.75, 3.05) is 22.8 Å². The third-order valence-electron chi connectivity index (χ3n) is 2.13. The molecule has 0 bridgehead atoms. The highest BCUT2D eigenvalue weighted by Crippen LogP contribution is 2.34. The Morgan fingerprint density at radius 1 is 1.32 bits per heavy atom. The van der Waals surface area contributed by atoms with Gasteiger partial charge in [0.2, 0.25) is 10.0 Å². The predicted molar refractivity (Wildman–Crippen MR) is 84.8 cm³/mol. The summed E-state index contributed by atoms with van der Waals surface area (Å²) >= 11 is 6.55. The Labute approximate surface area is 130 Å². The zero-order valence-electron chi connectivity index (χ0n) is 10.6. The first-order chi connectivity index (χ1) is 8.71. The molecule has 5 nitrogen and oxygen atoms in total. The summed E-state index contributed by atoms with van der Waals surface area (Å²) < 4.78 is 32.7. The third kappa shape index (κ3) is 5.68. The van der Waals surface area contributed by atoms with Crippen molar-refractivity contribution in [1.82, 2.24) is 0 Å². The molecule has 1 aromatic rings. The van der Waals surface area contributed by atoms with Gasteiger partial charge in [0.15, 0.2) is 0 Å². The molecule has 0 fully saturated rings. The van der Waals surface area contributed by atoms with E-state index in [0.29, 0.717) is 20.3 Å². The molecule has 0 aromatic heterocycles. The average molecular weight is 416 g/mol. The molecule has 1 aromatic carbocycles. The van der Waals surface area contributed by atoms with Gasteiger partial charge in [0, 0.05) is 14.6 Å². The Hall–Kier alpha value is -0.310. The van der Waals surface area contributed by atoms with Crippen LogP contribution in [0.2, 0.25) is 0 Å². The molecular weight excluding hydrogens is 400 g/mol. The van der Waals surface area contributed by atoms with E-state index in [1.807, 2.05) is 13.8 Å². The zero-order valence-corrected chi connectivity index (χ0v) is 14.6. The van der Waals surface area contributed by atoms with Gasteiger partial charge in [-0.25, -0.2) is 8.42 Å². The van der Waals surface area contributed by atoms with Crippen LogP contribution in [0.25, 0.3) is 0 Å². The first-order valence-corrected chi connectivity index (χ1v) is 8.81. The Kier molecular flexibility index (Phi) is 6.10. The molecule has 0 atom stereocenters. The monoisotopic (exact) mass is 414 g/mol. The standard InChI is InChI=1S/C11H16Br2N2O3S/c1-7(2)18-3-4-19(16,17)15-11-9(12)5-8(14)6-10(11)13/h5-7,15H,3-4,14H2,1-2H3. The minimum absolute atomic E-state index is 0.00481. The number of rotatable bonds is 6. The van der Waals surface area contributed by atoms with Gasteiger partial charge in [0.1, 0.15) is 0 Å². The van der Waals surface area contributed by atoms with Crippen LogP contribution in [0.15, 0.2) is 21.1 Å². The molecule has 0 unspecified atom stereocenters. The van der Waals surface area contributed by atoms with E-state index in [9.17, 15) is 8.42 Å². The van der Waals surface area contributed by atoms with Crippen LogP contribution in [0.3, 0.4) is 0 Å². The predicted octanol–water partition coefficient (Wildman–Crippen LogP) is 2.96. The van der Waals surface area contributed by atoms with Gasteiger partial charge in [-0.1, -0.05) is 0 Å². The van der Waals surface area contributed by atoms with Crippen molar-refractivity contribution in [2.24, 2.45) is 0 Å². The van der Waals surface area contributed by atoms with E-state index in [1.165, 1.54) is 0 Å². The number of nitrogens with one attached hydrogen (secondary N) is 1. The Balaban J connectivity index is 2.79. The smallest absolute Gasteiger partial charge is 0.235 e. The van der Waals surface area contributed by atoms with Gasteiger partial charge in [0.25, 0.3) is 0 Å². The van der Waals surface area contributed by atoms with Gasteiger partial charge in [-0.15, -0.1) is 0 Å². The molecule has 108 valence electrons. The highest BCUT2D eigenvalue weighted by atomic mass is 79.9. The normalized spacial score (nSPS) is 11.8. The Bertz CT molecular complexity index is 524. The molecule has 0 spiro atoms. The number of nitrogen functional groups attached to an aromatic ring is 1. The van der Waals surface area contributed by atoms with Gasteiger partial charge in [0.05, 0.1) is 24.2 Å². The van der Waals surface area contributed by atoms with Crippen LogP contribution in [-0.2, 0) is 14.8 Å². The maximum absolute atomic E-state index is 11.9. The molecule has 0 amide bonds. The van der Waals surface area contributed by atoms with Gasteiger partial charge >= 0.3 is 0 Å². The Morgan fingerprint density at radius 3 is 2.32 bits per heavy atom. The van der Waals surface area contributed by atoms with E-state index in [2.05, 4.69) is 36.6 Å². The number of halogens is 2.